The molecule has 0 spiro atoms. The normalized spacial score (nSPS) is 19.9. The Labute approximate surface area is 146 Å². The smallest absolute Gasteiger partial charge is 0.227 e. The molecule has 3 heterocycles. The molecule has 25 heavy (non-hydrogen) atoms. The Kier molecular flexibility index (Phi) is 4.03. The topological polar surface area (TPSA) is 98.8 Å². The molecule has 1 atom stereocenters. The number of H-pyrrole nitrogens is 1. The highest BCUT2D eigenvalue weighted by atomic mass is 16.1. The van der Waals surface area contributed by atoms with Crippen LogP contribution < -0.4 is 15.5 Å². The lowest BCUT2D eigenvalue weighted by Crippen LogP contribution is -2.35. The maximum absolute atomic E-state index is 11.2. The van der Waals surface area contributed by atoms with Gasteiger partial charge in [-0.25, -0.2) is 4.98 Å². The van der Waals surface area contributed by atoms with E-state index in [9.17, 15) is 4.79 Å². The van der Waals surface area contributed by atoms with Crippen LogP contribution in [-0.2, 0) is 4.79 Å². The number of hydrogen-bond acceptors (Lipinski definition) is 6. The number of carbonyl (C=O) groups is 1. The highest BCUT2D eigenvalue weighted by molar-refractivity contribution is 5.73. The van der Waals surface area contributed by atoms with Gasteiger partial charge in [0.15, 0.2) is 5.82 Å². The molecule has 1 aliphatic carbocycles. The van der Waals surface area contributed by atoms with Crippen LogP contribution in [0.5, 0.6) is 0 Å². The number of nitrogens with zero attached hydrogens (tertiary/aromatic N) is 4. The first-order chi connectivity index (χ1) is 12.1. The van der Waals surface area contributed by atoms with E-state index in [0.29, 0.717) is 11.9 Å². The Balaban J connectivity index is 1.47. The van der Waals surface area contributed by atoms with E-state index in [1.165, 1.54) is 18.5 Å². The summed E-state index contributed by atoms with van der Waals surface area (Å²) in [7, 11) is 0. The molecule has 4 rings (SSSR count). The van der Waals surface area contributed by atoms with Crippen molar-refractivity contribution in [2.45, 2.75) is 45.1 Å². The van der Waals surface area contributed by atoms with Crippen molar-refractivity contribution in [2.24, 2.45) is 0 Å². The molecule has 2 aromatic heterocycles. The van der Waals surface area contributed by atoms with Crippen molar-refractivity contribution in [3.05, 3.63) is 23.5 Å². The van der Waals surface area contributed by atoms with Gasteiger partial charge in [0.2, 0.25) is 11.9 Å². The standard InChI is InChI=1S/C17H23N7O/c1-10-8-18-17(24-6-5-13(9-24)19-11(2)25)21-16(10)20-15-7-14(22-23-15)12-3-4-12/h7-8,12-13H,3-6,9H2,1-2H3,(H,19,25)(H2,18,20,21,22,23)/t13-/m0/s1. The van der Waals surface area contributed by atoms with Gasteiger partial charge in [0.25, 0.3) is 0 Å². The van der Waals surface area contributed by atoms with E-state index in [0.717, 1.165) is 36.7 Å². The number of rotatable bonds is 5. The van der Waals surface area contributed by atoms with Gasteiger partial charge in [0.05, 0.1) is 0 Å². The van der Waals surface area contributed by atoms with E-state index >= 15 is 0 Å². The summed E-state index contributed by atoms with van der Waals surface area (Å²) in [5.74, 6) is 2.87. The van der Waals surface area contributed by atoms with E-state index in [2.05, 4.69) is 41.8 Å². The number of carbonyl (C=O) groups excluding carboxylic acids is 1. The van der Waals surface area contributed by atoms with E-state index < -0.39 is 0 Å². The Morgan fingerprint density at radius 2 is 2.20 bits per heavy atom. The van der Waals surface area contributed by atoms with Crippen LogP contribution in [0.25, 0.3) is 0 Å². The van der Waals surface area contributed by atoms with E-state index in [1.54, 1.807) is 6.92 Å². The number of nitrogens with one attached hydrogen (secondary N) is 3. The third-order valence-electron chi connectivity index (χ3n) is 4.70. The lowest BCUT2D eigenvalue weighted by Gasteiger charge is -2.18. The summed E-state index contributed by atoms with van der Waals surface area (Å²) >= 11 is 0. The molecule has 0 aromatic carbocycles. The van der Waals surface area contributed by atoms with Gasteiger partial charge in [-0.15, -0.1) is 0 Å². The van der Waals surface area contributed by atoms with Crippen LogP contribution in [0.4, 0.5) is 17.6 Å². The summed E-state index contributed by atoms with van der Waals surface area (Å²) in [6.45, 7) is 5.09. The van der Waals surface area contributed by atoms with Gasteiger partial charge in [-0.2, -0.15) is 10.1 Å². The second kappa shape index (κ2) is 6.34. The number of aryl methyl sites for hydroxylation is 1. The molecule has 0 unspecified atom stereocenters. The average Bonchev–Trinajstić information content (AvgIpc) is 3.15. The molecular formula is C17H23N7O. The number of amides is 1. The monoisotopic (exact) mass is 341 g/mol. The molecule has 2 aliphatic rings. The maximum atomic E-state index is 11.2. The predicted molar refractivity (Wildman–Crippen MR) is 95.0 cm³/mol. The average molecular weight is 341 g/mol. The molecule has 1 saturated heterocycles. The number of anilines is 3. The van der Waals surface area contributed by atoms with Gasteiger partial charge in [0, 0.05) is 55.5 Å². The first kappa shape index (κ1) is 15.9. The predicted octanol–water partition coefficient (Wildman–Crippen LogP) is 1.84. The molecule has 1 aliphatic heterocycles. The fourth-order valence-corrected chi connectivity index (χ4v) is 3.18. The highest BCUT2D eigenvalue weighted by Crippen LogP contribution is 2.39. The third kappa shape index (κ3) is 3.57. The Morgan fingerprint density at radius 1 is 1.36 bits per heavy atom. The van der Waals surface area contributed by atoms with E-state index in [4.69, 9.17) is 0 Å². The zero-order chi connectivity index (χ0) is 17.4. The van der Waals surface area contributed by atoms with Crippen LogP contribution in [0.2, 0.25) is 0 Å². The van der Waals surface area contributed by atoms with Crippen molar-refractivity contribution < 1.29 is 4.79 Å². The van der Waals surface area contributed by atoms with E-state index in [1.807, 2.05) is 13.1 Å². The Bertz CT molecular complexity index is 783. The second-order valence-corrected chi connectivity index (χ2v) is 6.94. The first-order valence-corrected chi connectivity index (χ1v) is 8.76. The minimum Gasteiger partial charge on any atom is -0.352 e. The van der Waals surface area contributed by atoms with Crippen molar-refractivity contribution in [1.82, 2.24) is 25.5 Å². The molecule has 8 nitrogen and oxygen atoms in total. The molecular weight excluding hydrogens is 318 g/mol. The summed E-state index contributed by atoms with van der Waals surface area (Å²) in [6, 6.07) is 2.22. The number of hydrogen-bond donors (Lipinski definition) is 3. The SMILES string of the molecule is CC(=O)N[C@H]1CCN(c2ncc(C)c(Nc3cc(C4CC4)[nH]n3)n2)C1. The summed E-state index contributed by atoms with van der Waals surface area (Å²) in [6.07, 6.45) is 5.21. The van der Waals surface area contributed by atoms with E-state index in [-0.39, 0.29) is 11.9 Å². The van der Waals surface area contributed by atoms with Crippen molar-refractivity contribution in [3.8, 4) is 0 Å². The van der Waals surface area contributed by atoms with Crippen LogP contribution in [0.1, 0.15) is 43.4 Å². The van der Waals surface area contributed by atoms with Crippen molar-refractivity contribution in [1.29, 1.82) is 0 Å². The van der Waals surface area contributed by atoms with Crippen LogP contribution >= 0.6 is 0 Å². The van der Waals surface area contributed by atoms with Gasteiger partial charge < -0.3 is 15.5 Å². The second-order valence-electron chi connectivity index (χ2n) is 6.94. The minimum absolute atomic E-state index is 0.00373. The Morgan fingerprint density at radius 3 is 2.96 bits per heavy atom. The molecule has 1 amide bonds. The summed E-state index contributed by atoms with van der Waals surface area (Å²) in [4.78, 5) is 22.4. The summed E-state index contributed by atoms with van der Waals surface area (Å²) in [5, 5.41) is 13.7. The quantitative estimate of drug-likeness (QED) is 0.767. The number of aromatic nitrogens is 4. The number of aromatic amines is 1. The molecule has 2 fully saturated rings. The Hall–Kier alpha value is -2.64. The fraction of sp³-hybridized carbons (Fsp3) is 0.529. The molecule has 3 N–H and O–H groups in total. The summed E-state index contributed by atoms with van der Waals surface area (Å²) in [5.41, 5.74) is 2.16. The molecule has 0 radical (unpaired) electrons. The van der Waals surface area contributed by atoms with Gasteiger partial charge in [-0.3, -0.25) is 9.89 Å². The zero-order valence-corrected chi connectivity index (χ0v) is 14.5. The summed E-state index contributed by atoms with van der Waals surface area (Å²) < 4.78 is 0. The van der Waals surface area contributed by atoms with Crippen LogP contribution in [0.15, 0.2) is 12.3 Å². The molecule has 2 aromatic rings. The van der Waals surface area contributed by atoms with Crippen molar-refractivity contribution in [3.63, 3.8) is 0 Å². The van der Waals surface area contributed by atoms with Crippen molar-refractivity contribution >= 4 is 23.5 Å². The maximum Gasteiger partial charge on any atom is 0.227 e. The van der Waals surface area contributed by atoms with Crippen LogP contribution in [0.3, 0.4) is 0 Å². The molecule has 1 saturated carbocycles. The fourth-order valence-electron chi connectivity index (χ4n) is 3.18. The van der Waals surface area contributed by atoms with Gasteiger partial charge in [0.1, 0.15) is 5.82 Å². The van der Waals surface area contributed by atoms with Crippen LogP contribution in [-0.4, -0.2) is 45.2 Å². The lowest BCUT2D eigenvalue weighted by molar-refractivity contribution is -0.119. The minimum atomic E-state index is 0.00373. The van der Waals surface area contributed by atoms with Crippen molar-refractivity contribution in [2.75, 3.05) is 23.3 Å². The molecule has 132 valence electrons. The van der Waals surface area contributed by atoms with Crippen LogP contribution in [0, 0.1) is 6.92 Å². The van der Waals surface area contributed by atoms with Gasteiger partial charge >= 0.3 is 0 Å². The molecule has 0 bridgehead atoms. The highest BCUT2D eigenvalue weighted by Gasteiger charge is 2.26. The third-order valence-corrected chi connectivity index (χ3v) is 4.70. The first-order valence-electron chi connectivity index (χ1n) is 8.76. The molecule has 8 heteroatoms. The van der Waals surface area contributed by atoms with Gasteiger partial charge in [-0.1, -0.05) is 0 Å². The zero-order valence-electron chi connectivity index (χ0n) is 14.5. The largest absolute Gasteiger partial charge is 0.352 e. The van der Waals surface area contributed by atoms with Gasteiger partial charge in [-0.05, 0) is 26.2 Å². The lowest BCUT2D eigenvalue weighted by atomic mass is 10.3.